The third-order valence-corrected chi connectivity index (χ3v) is 9.66. The summed E-state index contributed by atoms with van der Waals surface area (Å²) >= 11 is 0. The van der Waals surface area contributed by atoms with Crippen LogP contribution in [0.3, 0.4) is 0 Å². The number of rotatable bonds is 3. The third-order valence-electron chi connectivity index (χ3n) is 7.75. The molecule has 2 fully saturated rings. The summed E-state index contributed by atoms with van der Waals surface area (Å²) in [7, 11) is -4.44. The van der Waals surface area contributed by atoms with Gasteiger partial charge in [0.2, 0.25) is 10.0 Å². The molecule has 2 aliphatic heterocycles. The van der Waals surface area contributed by atoms with Gasteiger partial charge in [0, 0.05) is 36.3 Å². The van der Waals surface area contributed by atoms with Crippen molar-refractivity contribution in [1.29, 1.82) is 0 Å². The summed E-state index contributed by atoms with van der Waals surface area (Å²) in [5, 5.41) is 11.5. The van der Waals surface area contributed by atoms with Crippen LogP contribution < -0.4 is 5.46 Å². The number of aromatic nitrogens is 2. The van der Waals surface area contributed by atoms with Crippen molar-refractivity contribution >= 4 is 33.6 Å². The van der Waals surface area contributed by atoms with E-state index in [2.05, 4.69) is 16.9 Å². The Morgan fingerprint density at radius 1 is 1.19 bits per heavy atom. The minimum absolute atomic E-state index is 0.0469. The number of fused-ring (bicyclic) bond motifs is 4. The monoisotopic (exact) mass is 451 g/mol. The topological polar surface area (TPSA) is 95.5 Å². The van der Waals surface area contributed by atoms with E-state index in [9.17, 15) is 13.4 Å². The molecule has 2 N–H and O–H groups in total. The van der Waals surface area contributed by atoms with Gasteiger partial charge in [0.15, 0.2) is 0 Å². The minimum atomic E-state index is -3.48. The Kier molecular flexibility index (Phi) is 4.40. The maximum Gasteiger partial charge on any atom is 0.493 e. The highest BCUT2D eigenvalue weighted by atomic mass is 32.2. The summed E-state index contributed by atoms with van der Waals surface area (Å²) in [6, 6.07) is 9.22. The molecule has 7 nitrogen and oxygen atoms in total. The molecule has 0 radical (unpaired) electrons. The predicted molar refractivity (Wildman–Crippen MR) is 122 cm³/mol. The molecule has 2 aromatic heterocycles. The molecule has 166 valence electrons. The van der Waals surface area contributed by atoms with Crippen molar-refractivity contribution in [2.24, 2.45) is 5.41 Å². The van der Waals surface area contributed by atoms with E-state index < -0.39 is 22.7 Å². The van der Waals surface area contributed by atoms with Gasteiger partial charge in [-0.2, -0.15) is 4.31 Å². The van der Waals surface area contributed by atoms with Crippen molar-refractivity contribution < 1.29 is 18.1 Å². The van der Waals surface area contributed by atoms with E-state index in [1.165, 1.54) is 0 Å². The van der Waals surface area contributed by atoms with Gasteiger partial charge < -0.3 is 14.7 Å². The molecule has 3 aromatic rings. The largest absolute Gasteiger partial charge is 0.493 e. The van der Waals surface area contributed by atoms with Crippen LogP contribution in [0.4, 0.5) is 0 Å². The summed E-state index contributed by atoms with van der Waals surface area (Å²) in [5.74, 6) is 0. The summed E-state index contributed by atoms with van der Waals surface area (Å²) in [6.07, 6.45) is 7.66. The number of nitrogens with one attached hydrogen (secondary N) is 1. The number of hydrogen-bond donors (Lipinski definition) is 2. The van der Waals surface area contributed by atoms with Crippen molar-refractivity contribution in [3.8, 4) is 0 Å². The number of hydrogen-bond acceptors (Lipinski definition) is 5. The van der Waals surface area contributed by atoms with E-state index in [1.54, 1.807) is 22.6 Å². The number of benzene rings is 1. The number of aromatic amines is 1. The lowest BCUT2D eigenvalue weighted by Crippen LogP contribution is -2.55. The molecule has 9 heteroatoms. The second-order valence-electron chi connectivity index (χ2n) is 9.55. The Hall–Kier alpha value is -2.20. The van der Waals surface area contributed by atoms with Crippen molar-refractivity contribution in [1.82, 2.24) is 14.3 Å². The SMILES string of the molecule is CCc1ccc(S(=O)(=O)N2CCC3(CC2)CC2(C3)OB(O)c3cnc4[nH]ccc4c32)cc1. The zero-order chi connectivity index (χ0) is 22.1. The highest BCUT2D eigenvalue weighted by Gasteiger charge is 2.62. The lowest BCUT2D eigenvalue weighted by molar-refractivity contribution is -0.133. The standard InChI is InChI=1S/C23H26BN3O4S/c1-2-16-3-5-17(6-4-16)32(29,30)27-11-8-22(9-12-27)14-23(15-22)20-18-7-10-25-21(18)26-13-19(20)24(28)31-23/h3-7,10,13,28H,2,8-9,11-12,14-15H2,1H3,(H,25,26). The fourth-order valence-corrected chi connectivity index (χ4v) is 7.52. The first kappa shape index (κ1) is 20.4. The average molecular weight is 451 g/mol. The Balaban J connectivity index is 1.21. The second-order valence-corrected chi connectivity index (χ2v) is 11.5. The van der Waals surface area contributed by atoms with E-state index in [0.717, 1.165) is 59.7 Å². The van der Waals surface area contributed by atoms with Gasteiger partial charge in [-0.25, -0.2) is 13.4 Å². The highest BCUT2D eigenvalue weighted by molar-refractivity contribution is 7.89. The molecule has 3 aliphatic rings. The van der Waals surface area contributed by atoms with E-state index >= 15 is 0 Å². The molecule has 1 aromatic carbocycles. The number of H-pyrrole nitrogens is 1. The van der Waals surface area contributed by atoms with Crippen LogP contribution in [-0.4, -0.2) is 47.9 Å². The van der Waals surface area contributed by atoms with Crippen molar-refractivity contribution in [3.63, 3.8) is 0 Å². The zero-order valence-electron chi connectivity index (χ0n) is 18.0. The molecule has 0 atom stereocenters. The second kappa shape index (κ2) is 6.90. The van der Waals surface area contributed by atoms with E-state index in [1.807, 2.05) is 24.4 Å². The summed E-state index contributed by atoms with van der Waals surface area (Å²) < 4.78 is 34.0. The van der Waals surface area contributed by atoms with Crippen LogP contribution >= 0.6 is 0 Å². The Labute approximate surface area is 188 Å². The molecule has 0 amide bonds. The fraction of sp³-hybridized carbons (Fsp3) is 0.435. The third kappa shape index (κ3) is 2.84. The van der Waals surface area contributed by atoms with Crippen LogP contribution in [0.2, 0.25) is 0 Å². The van der Waals surface area contributed by atoms with Crippen LogP contribution in [0.5, 0.6) is 0 Å². The Bertz CT molecular complexity index is 1290. The first-order valence-electron chi connectivity index (χ1n) is 11.3. The molecule has 1 saturated heterocycles. The van der Waals surface area contributed by atoms with Crippen LogP contribution in [0.25, 0.3) is 11.0 Å². The van der Waals surface area contributed by atoms with Gasteiger partial charge in [-0.3, -0.25) is 0 Å². The van der Waals surface area contributed by atoms with Crippen LogP contribution in [0.1, 0.15) is 43.7 Å². The summed E-state index contributed by atoms with van der Waals surface area (Å²) in [4.78, 5) is 7.91. The van der Waals surface area contributed by atoms with E-state index in [-0.39, 0.29) is 5.41 Å². The molecule has 1 aliphatic carbocycles. The van der Waals surface area contributed by atoms with Crippen LogP contribution in [-0.2, 0) is 26.7 Å². The predicted octanol–water partition coefficient (Wildman–Crippen LogP) is 2.30. The van der Waals surface area contributed by atoms with Crippen molar-refractivity contribution in [3.05, 3.63) is 53.9 Å². The minimum Gasteiger partial charge on any atom is -0.423 e. The zero-order valence-corrected chi connectivity index (χ0v) is 18.9. The normalized spacial score (nSPS) is 21.9. The molecule has 2 spiro atoms. The van der Waals surface area contributed by atoms with Gasteiger partial charge in [-0.15, -0.1) is 0 Å². The number of aryl methyl sites for hydroxylation is 1. The molecule has 0 unspecified atom stereocenters. The summed E-state index contributed by atoms with van der Waals surface area (Å²) in [5.41, 5.74) is 3.28. The molecular formula is C23H26BN3O4S. The highest BCUT2D eigenvalue weighted by Crippen LogP contribution is 2.63. The Morgan fingerprint density at radius 2 is 1.91 bits per heavy atom. The maximum atomic E-state index is 13.1. The van der Waals surface area contributed by atoms with Gasteiger partial charge in [-0.1, -0.05) is 19.1 Å². The first-order valence-corrected chi connectivity index (χ1v) is 12.7. The van der Waals surface area contributed by atoms with Crippen LogP contribution in [0, 0.1) is 5.41 Å². The van der Waals surface area contributed by atoms with Gasteiger partial charge in [0.1, 0.15) is 5.65 Å². The first-order chi connectivity index (χ1) is 15.4. The number of piperidine rings is 1. The van der Waals surface area contributed by atoms with Crippen molar-refractivity contribution in [2.75, 3.05) is 13.1 Å². The molecule has 1 saturated carbocycles. The van der Waals surface area contributed by atoms with Gasteiger partial charge in [-0.05, 0) is 66.8 Å². The number of nitrogens with zero attached hydrogens (tertiary/aromatic N) is 2. The van der Waals surface area contributed by atoms with Gasteiger partial charge in [0.05, 0.1) is 10.5 Å². The quantitative estimate of drug-likeness (QED) is 0.596. The molecular weight excluding hydrogens is 425 g/mol. The van der Waals surface area contributed by atoms with Crippen LogP contribution in [0.15, 0.2) is 47.6 Å². The fourth-order valence-electron chi connectivity index (χ4n) is 6.08. The van der Waals surface area contributed by atoms with Gasteiger partial charge in [0.25, 0.3) is 0 Å². The van der Waals surface area contributed by atoms with E-state index in [0.29, 0.717) is 18.0 Å². The average Bonchev–Trinajstić information content (AvgIpc) is 3.36. The maximum absolute atomic E-state index is 13.1. The molecule has 32 heavy (non-hydrogen) atoms. The number of pyridine rings is 1. The molecule has 4 heterocycles. The smallest absolute Gasteiger partial charge is 0.423 e. The Morgan fingerprint density at radius 3 is 2.59 bits per heavy atom. The molecule has 0 bridgehead atoms. The lowest BCUT2D eigenvalue weighted by atomic mass is 9.53. The summed E-state index contributed by atoms with van der Waals surface area (Å²) in [6.45, 7) is 3.08. The lowest BCUT2D eigenvalue weighted by Gasteiger charge is -2.57. The van der Waals surface area contributed by atoms with Gasteiger partial charge >= 0.3 is 7.12 Å². The van der Waals surface area contributed by atoms with Crippen molar-refractivity contribution in [2.45, 2.75) is 49.5 Å². The van der Waals surface area contributed by atoms with E-state index in [4.69, 9.17) is 4.65 Å². The number of sulfonamides is 1. The molecule has 6 rings (SSSR count).